The quantitative estimate of drug-likeness (QED) is 0.740. The van der Waals surface area contributed by atoms with Crippen LogP contribution in [0.4, 0.5) is 0 Å². The molecule has 1 aliphatic heterocycles. The van der Waals surface area contributed by atoms with Crippen LogP contribution in [0, 0.1) is 20.8 Å². The van der Waals surface area contributed by atoms with Gasteiger partial charge in [0.25, 0.3) is 0 Å². The van der Waals surface area contributed by atoms with Gasteiger partial charge in [-0.25, -0.2) is 0 Å². The number of hydrogen-bond acceptors (Lipinski definition) is 4. The van der Waals surface area contributed by atoms with Crippen LogP contribution in [0.25, 0.3) is 0 Å². The highest BCUT2D eigenvalue weighted by atomic mass is 16.5. The van der Waals surface area contributed by atoms with Crippen LogP contribution in [0.5, 0.6) is 5.75 Å². The van der Waals surface area contributed by atoms with Gasteiger partial charge in [-0.2, -0.15) is 10.2 Å². The van der Waals surface area contributed by atoms with Crippen molar-refractivity contribution in [3.8, 4) is 5.75 Å². The fourth-order valence-corrected chi connectivity index (χ4v) is 3.52. The first-order valence-corrected chi connectivity index (χ1v) is 9.54. The van der Waals surface area contributed by atoms with E-state index in [1.54, 1.807) is 4.68 Å². The van der Waals surface area contributed by atoms with Gasteiger partial charge in [0.05, 0.1) is 5.69 Å². The topological polar surface area (TPSA) is 76.0 Å². The molecule has 28 heavy (non-hydrogen) atoms. The molecule has 0 atom stereocenters. The average molecular weight is 379 g/mol. The normalized spacial score (nSPS) is 13.5. The number of benzene rings is 1. The molecule has 3 heterocycles. The van der Waals surface area contributed by atoms with E-state index < -0.39 is 0 Å². The number of nitrogens with zero attached hydrogens (tertiary/aromatic N) is 4. The smallest absolute Gasteiger partial charge is 0.244 e. The maximum absolute atomic E-state index is 12.9. The van der Waals surface area contributed by atoms with Crippen molar-refractivity contribution in [1.29, 1.82) is 0 Å². The van der Waals surface area contributed by atoms with E-state index >= 15 is 0 Å². The molecular weight excluding hydrogens is 354 g/mol. The van der Waals surface area contributed by atoms with E-state index in [-0.39, 0.29) is 12.5 Å². The Labute approximate surface area is 164 Å². The summed E-state index contributed by atoms with van der Waals surface area (Å²) in [5.41, 5.74) is 6.19. The van der Waals surface area contributed by atoms with Gasteiger partial charge >= 0.3 is 0 Å². The molecule has 0 fully saturated rings. The zero-order valence-corrected chi connectivity index (χ0v) is 16.5. The number of para-hydroxylation sites is 1. The minimum atomic E-state index is 0.0763. The summed E-state index contributed by atoms with van der Waals surface area (Å²) in [5.74, 6) is 0.885. The molecule has 0 aliphatic carbocycles. The summed E-state index contributed by atoms with van der Waals surface area (Å²) in [6.07, 6.45) is 0.773. The van der Waals surface area contributed by atoms with Crippen molar-refractivity contribution in [2.24, 2.45) is 0 Å². The SMILES string of the molecule is Cc1nn(CC(=O)N2CCc3[nH]nc(COc4ccccc4)c3C2)c(C)c1C. The summed E-state index contributed by atoms with van der Waals surface area (Å²) in [6.45, 7) is 7.91. The predicted octanol–water partition coefficient (Wildman–Crippen LogP) is 2.70. The lowest BCUT2D eigenvalue weighted by molar-refractivity contribution is -0.133. The van der Waals surface area contributed by atoms with Gasteiger partial charge in [0.1, 0.15) is 24.6 Å². The van der Waals surface area contributed by atoms with E-state index in [2.05, 4.69) is 15.3 Å². The summed E-state index contributed by atoms with van der Waals surface area (Å²) < 4.78 is 7.64. The number of aromatic nitrogens is 4. The van der Waals surface area contributed by atoms with Gasteiger partial charge in [0.2, 0.25) is 5.91 Å². The fourth-order valence-electron chi connectivity index (χ4n) is 3.52. The maximum atomic E-state index is 12.9. The number of aryl methyl sites for hydroxylation is 1. The van der Waals surface area contributed by atoms with E-state index in [1.807, 2.05) is 56.0 Å². The molecule has 4 rings (SSSR count). The molecule has 146 valence electrons. The predicted molar refractivity (Wildman–Crippen MR) is 105 cm³/mol. The number of H-pyrrole nitrogens is 1. The number of ether oxygens (including phenoxy) is 1. The molecular formula is C21H25N5O2. The summed E-state index contributed by atoms with van der Waals surface area (Å²) in [7, 11) is 0. The highest BCUT2D eigenvalue weighted by Crippen LogP contribution is 2.22. The fraction of sp³-hybridized carbons (Fsp3) is 0.381. The highest BCUT2D eigenvalue weighted by molar-refractivity contribution is 5.76. The number of carbonyl (C=O) groups is 1. The molecule has 7 heteroatoms. The molecule has 0 spiro atoms. The van der Waals surface area contributed by atoms with Gasteiger partial charge in [-0.1, -0.05) is 18.2 Å². The van der Waals surface area contributed by atoms with Gasteiger partial charge in [-0.15, -0.1) is 0 Å². The molecule has 1 aromatic carbocycles. The monoisotopic (exact) mass is 379 g/mol. The average Bonchev–Trinajstić information content (AvgIpc) is 3.23. The van der Waals surface area contributed by atoms with Crippen LogP contribution >= 0.6 is 0 Å². The van der Waals surface area contributed by atoms with Crippen LogP contribution in [0.1, 0.15) is 33.9 Å². The second-order valence-corrected chi connectivity index (χ2v) is 7.25. The van der Waals surface area contributed by atoms with Crippen LogP contribution in [0.15, 0.2) is 30.3 Å². The zero-order chi connectivity index (χ0) is 19.7. The number of rotatable bonds is 5. The van der Waals surface area contributed by atoms with Crippen LogP contribution in [0.3, 0.4) is 0 Å². The van der Waals surface area contributed by atoms with Crippen LogP contribution < -0.4 is 4.74 Å². The van der Waals surface area contributed by atoms with Crippen LogP contribution in [-0.2, 0) is 30.9 Å². The van der Waals surface area contributed by atoms with Crippen molar-refractivity contribution in [1.82, 2.24) is 24.9 Å². The third-order valence-corrected chi connectivity index (χ3v) is 5.52. The molecule has 1 N–H and O–H groups in total. The molecule has 2 aromatic heterocycles. The number of aromatic amines is 1. The number of carbonyl (C=O) groups excluding carboxylic acids is 1. The molecule has 1 amide bonds. The first kappa shape index (κ1) is 18.3. The molecule has 7 nitrogen and oxygen atoms in total. The van der Waals surface area contributed by atoms with E-state index in [9.17, 15) is 4.79 Å². The van der Waals surface area contributed by atoms with Crippen molar-refractivity contribution >= 4 is 5.91 Å². The molecule has 1 aliphatic rings. The first-order valence-electron chi connectivity index (χ1n) is 9.54. The minimum absolute atomic E-state index is 0.0763. The second kappa shape index (κ2) is 7.50. The van der Waals surface area contributed by atoms with E-state index in [4.69, 9.17) is 4.74 Å². The van der Waals surface area contributed by atoms with Crippen molar-refractivity contribution in [2.45, 2.75) is 46.9 Å². The second-order valence-electron chi connectivity index (χ2n) is 7.25. The van der Waals surface area contributed by atoms with Crippen molar-refractivity contribution in [3.63, 3.8) is 0 Å². The zero-order valence-electron chi connectivity index (χ0n) is 16.5. The van der Waals surface area contributed by atoms with Gasteiger partial charge in [0.15, 0.2) is 0 Å². The van der Waals surface area contributed by atoms with Crippen LogP contribution in [0.2, 0.25) is 0 Å². The van der Waals surface area contributed by atoms with Gasteiger partial charge in [0, 0.05) is 36.5 Å². The van der Waals surface area contributed by atoms with E-state index in [0.717, 1.165) is 46.1 Å². The van der Waals surface area contributed by atoms with Gasteiger partial charge < -0.3 is 9.64 Å². The number of nitrogens with one attached hydrogen (secondary N) is 1. The molecule has 0 saturated carbocycles. The Morgan fingerprint density at radius 2 is 2.00 bits per heavy atom. The summed E-state index contributed by atoms with van der Waals surface area (Å²) in [4.78, 5) is 14.8. The Morgan fingerprint density at radius 1 is 1.21 bits per heavy atom. The van der Waals surface area contributed by atoms with Crippen LogP contribution in [-0.4, -0.2) is 37.3 Å². The lowest BCUT2D eigenvalue weighted by Crippen LogP contribution is -2.38. The lowest BCUT2D eigenvalue weighted by atomic mass is 10.1. The molecule has 3 aromatic rings. The molecule has 0 saturated heterocycles. The van der Waals surface area contributed by atoms with Crippen molar-refractivity contribution in [2.75, 3.05) is 6.54 Å². The summed E-state index contributed by atoms with van der Waals surface area (Å²) in [6, 6.07) is 9.68. The Bertz CT molecular complexity index is 990. The summed E-state index contributed by atoms with van der Waals surface area (Å²) in [5, 5.41) is 12.0. The Kier molecular flexibility index (Phi) is 4.90. The van der Waals surface area contributed by atoms with Crippen molar-refractivity contribution in [3.05, 3.63) is 64.2 Å². The molecule has 0 bridgehead atoms. The van der Waals surface area contributed by atoms with Gasteiger partial charge in [-0.05, 0) is 38.5 Å². The first-order chi connectivity index (χ1) is 13.5. The largest absolute Gasteiger partial charge is 0.487 e. The highest BCUT2D eigenvalue weighted by Gasteiger charge is 2.26. The lowest BCUT2D eigenvalue weighted by Gasteiger charge is -2.27. The number of amides is 1. The third-order valence-electron chi connectivity index (χ3n) is 5.52. The Morgan fingerprint density at radius 3 is 2.71 bits per heavy atom. The summed E-state index contributed by atoms with van der Waals surface area (Å²) >= 11 is 0. The maximum Gasteiger partial charge on any atom is 0.244 e. The third kappa shape index (κ3) is 3.52. The van der Waals surface area contributed by atoms with Crippen molar-refractivity contribution < 1.29 is 9.53 Å². The molecule has 0 radical (unpaired) electrons. The standard InChI is InChI=1S/C21H25N5O2/c1-14-15(2)24-26(16(14)3)12-21(27)25-10-9-19-18(11-25)20(23-22-19)13-28-17-7-5-4-6-8-17/h4-8H,9-13H2,1-3H3,(H,22,23). The Hall–Kier alpha value is -3.09. The Balaban J connectivity index is 1.44. The molecule has 0 unspecified atom stereocenters. The van der Waals surface area contributed by atoms with Gasteiger partial charge in [-0.3, -0.25) is 14.6 Å². The minimum Gasteiger partial charge on any atom is -0.487 e. The van der Waals surface area contributed by atoms with E-state index in [1.165, 1.54) is 0 Å². The number of fused-ring (bicyclic) bond motifs is 1. The number of hydrogen-bond donors (Lipinski definition) is 1. The van der Waals surface area contributed by atoms with E-state index in [0.29, 0.717) is 19.7 Å².